The van der Waals surface area contributed by atoms with Crippen LogP contribution in [0, 0.1) is 26.2 Å². The molecule has 1 aliphatic carbocycles. The molecule has 1 aromatic rings. The second-order valence-corrected chi connectivity index (χ2v) is 6.33. The fourth-order valence-corrected chi connectivity index (χ4v) is 2.80. The van der Waals surface area contributed by atoms with Crippen molar-refractivity contribution in [3.05, 3.63) is 34.4 Å². The average molecular weight is 245 g/mol. The third-order valence-corrected chi connectivity index (χ3v) is 4.53. The van der Waals surface area contributed by atoms with Crippen LogP contribution in [0.1, 0.15) is 61.4 Å². The fraction of sp³-hybridized carbons (Fsp3) is 0.647. The smallest absolute Gasteiger partial charge is 0.0377 e. The van der Waals surface area contributed by atoms with Crippen molar-refractivity contribution in [3.63, 3.8) is 0 Å². The van der Waals surface area contributed by atoms with Crippen LogP contribution in [0.25, 0.3) is 0 Å². The van der Waals surface area contributed by atoms with Gasteiger partial charge in [0.2, 0.25) is 0 Å². The molecule has 0 spiro atoms. The summed E-state index contributed by atoms with van der Waals surface area (Å²) in [6, 6.07) is 5.29. The van der Waals surface area contributed by atoms with Gasteiger partial charge < -0.3 is 5.32 Å². The lowest BCUT2D eigenvalue weighted by atomic mass is 9.87. The SMILES string of the molecule is CCCNC(c1cc(C)c(C)cc1C)C1(C)CC1. The maximum Gasteiger partial charge on any atom is 0.0377 e. The minimum Gasteiger partial charge on any atom is -0.309 e. The van der Waals surface area contributed by atoms with Crippen molar-refractivity contribution in [2.45, 2.75) is 59.9 Å². The second kappa shape index (κ2) is 5.05. The number of benzene rings is 1. The summed E-state index contributed by atoms with van der Waals surface area (Å²) < 4.78 is 0. The fourth-order valence-electron chi connectivity index (χ4n) is 2.80. The highest BCUT2D eigenvalue weighted by Gasteiger charge is 2.45. The van der Waals surface area contributed by atoms with Crippen LogP contribution in [0.2, 0.25) is 0 Å². The molecule has 0 aliphatic heterocycles. The van der Waals surface area contributed by atoms with Crippen molar-refractivity contribution in [2.24, 2.45) is 5.41 Å². The van der Waals surface area contributed by atoms with Crippen LogP contribution < -0.4 is 5.32 Å². The van der Waals surface area contributed by atoms with E-state index in [2.05, 4.69) is 52.1 Å². The molecule has 1 heteroatoms. The van der Waals surface area contributed by atoms with Gasteiger partial charge in [0.25, 0.3) is 0 Å². The summed E-state index contributed by atoms with van der Waals surface area (Å²) in [6.45, 7) is 12.5. The Morgan fingerprint density at radius 1 is 1.11 bits per heavy atom. The predicted octanol–water partition coefficient (Wildman–Crippen LogP) is 4.45. The van der Waals surface area contributed by atoms with Crippen molar-refractivity contribution in [1.29, 1.82) is 0 Å². The van der Waals surface area contributed by atoms with Gasteiger partial charge in [0, 0.05) is 6.04 Å². The quantitative estimate of drug-likeness (QED) is 0.808. The van der Waals surface area contributed by atoms with Gasteiger partial charge in [-0.3, -0.25) is 0 Å². The van der Waals surface area contributed by atoms with Gasteiger partial charge in [-0.05, 0) is 74.2 Å². The van der Waals surface area contributed by atoms with Gasteiger partial charge in [-0.25, -0.2) is 0 Å². The molecule has 2 rings (SSSR count). The molecule has 0 saturated heterocycles. The van der Waals surface area contributed by atoms with E-state index >= 15 is 0 Å². The molecule has 1 unspecified atom stereocenters. The molecule has 1 aliphatic rings. The third-order valence-electron chi connectivity index (χ3n) is 4.53. The van der Waals surface area contributed by atoms with E-state index in [1.165, 1.54) is 41.5 Å². The minimum atomic E-state index is 0.488. The first-order valence-corrected chi connectivity index (χ1v) is 7.29. The van der Waals surface area contributed by atoms with Gasteiger partial charge in [-0.2, -0.15) is 0 Å². The maximum atomic E-state index is 3.78. The van der Waals surface area contributed by atoms with E-state index in [0.29, 0.717) is 11.5 Å². The van der Waals surface area contributed by atoms with Gasteiger partial charge in [-0.15, -0.1) is 0 Å². The lowest BCUT2D eigenvalue weighted by molar-refractivity contribution is 0.365. The van der Waals surface area contributed by atoms with Gasteiger partial charge in [0.1, 0.15) is 0 Å². The summed E-state index contributed by atoms with van der Waals surface area (Å²) in [5, 5.41) is 3.78. The monoisotopic (exact) mass is 245 g/mol. The zero-order valence-electron chi connectivity index (χ0n) is 12.6. The third kappa shape index (κ3) is 2.61. The molecule has 1 nitrogen and oxygen atoms in total. The first kappa shape index (κ1) is 13.6. The number of aryl methyl sites for hydroxylation is 3. The molecule has 0 heterocycles. The van der Waals surface area contributed by atoms with E-state index in [0.717, 1.165) is 6.54 Å². The van der Waals surface area contributed by atoms with Gasteiger partial charge in [-0.1, -0.05) is 26.0 Å². The topological polar surface area (TPSA) is 12.0 Å². The molecular formula is C17H27N. The molecule has 1 aromatic carbocycles. The zero-order chi connectivity index (χ0) is 13.3. The minimum absolute atomic E-state index is 0.488. The number of hydrogen-bond donors (Lipinski definition) is 1. The van der Waals surface area contributed by atoms with Crippen LogP contribution in [-0.2, 0) is 0 Å². The number of nitrogens with one attached hydrogen (secondary N) is 1. The highest BCUT2D eigenvalue weighted by atomic mass is 14.9. The standard InChI is InChI=1S/C17H27N/c1-6-9-18-16(17(5)7-8-17)15-11-13(3)12(2)10-14(15)4/h10-11,16,18H,6-9H2,1-5H3. The summed E-state index contributed by atoms with van der Waals surface area (Å²) >= 11 is 0. The predicted molar refractivity (Wildman–Crippen MR) is 79.0 cm³/mol. The maximum absolute atomic E-state index is 3.78. The van der Waals surface area contributed by atoms with Crippen molar-refractivity contribution in [2.75, 3.05) is 6.54 Å². The largest absolute Gasteiger partial charge is 0.309 e. The molecule has 100 valence electrons. The van der Waals surface area contributed by atoms with Crippen LogP contribution in [0.5, 0.6) is 0 Å². The van der Waals surface area contributed by atoms with Crippen molar-refractivity contribution in [1.82, 2.24) is 5.32 Å². The summed E-state index contributed by atoms with van der Waals surface area (Å²) in [5.41, 5.74) is 6.28. The Balaban J connectivity index is 2.33. The van der Waals surface area contributed by atoms with E-state index < -0.39 is 0 Å². The summed E-state index contributed by atoms with van der Waals surface area (Å²) in [5.74, 6) is 0. The second-order valence-electron chi connectivity index (χ2n) is 6.33. The molecule has 1 saturated carbocycles. The van der Waals surface area contributed by atoms with E-state index in [9.17, 15) is 0 Å². The van der Waals surface area contributed by atoms with Crippen LogP contribution in [0.3, 0.4) is 0 Å². The van der Waals surface area contributed by atoms with Crippen LogP contribution in [0.4, 0.5) is 0 Å². The Morgan fingerprint density at radius 2 is 1.72 bits per heavy atom. The van der Waals surface area contributed by atoms with Crippen molar-refractivity contribution in [3.8, 4) is 0 Å². The molecule has 0 bridgehead atoms. The Hall–Kier alpha value is -0.820. The van der Waals surface area contributed by atoms with Crippen molar-refractivity contribution >= 4 is 0 Å². The Bertz CT molecular complexity index is 429. The Labute approximate surface area is 112 Å². The van der Waals surface area contributed by atoms with Gasteiger partial charge in [0.15, 0.2) is 0 Å². The summed E-state index contributed by atoms with van der Waals surface area (Å²) in [6.07, 6.45) is 3.93. The molecule has 1 fully saturated rings. The molecule has 18 heavy (non-hydrogen) atoms. The highest BCUT2D eigenvalue weighted by Crippen LogP contribution is 2.55. The van der Waals surface area contributed by atoms with E-state index in [4.69, 9.17) is 0 Å². The first-order chi connectivity index (χ1) is 8.48. The molecule has 0 aromatic heterocycles. The lowest BCUT2D eigenvalue weighted by Gasteiger charge is -2.28. The van der Waals surface area contributed by atoms with E-state index in [1.807, 2.05) is 0 Å². The zero-order valence-corrected chi connectivity index (χ0v) is 12.6. The van der Waals surface area contributed by atoms with Gasteiger partial charge in [0.05, 0.1) is 0 Å². The Morgan fingerprint density at radius 3 is 2.28 bits per heavy atom. The van der Waals surface area contributed by atoms with Crippen LogP contribution in [0.15, 0.2) is 12.1 Å². The summed E-state index contributed by atoms with van der Waals surface area (Å²) in [7, 11) is 0. The van der Waals surface area contributed by atoms with Gasteiger partial charge >= 0.3 is 0 Å². The molecular weight excluding hydrogens is 218 g/mol. The number of hydrogen-bond acceptors (Lipinski definition) is 1. The van der Waals surface area contributed by atoms with Crippen LogP contribution in [-0.4, -0.2) is 6.54 Å². The molecule has 0 amide bonds. The highest BCUT2D eigenvalue weighted by molar-refractivity contribution is 5.39. The molecule has 1 atom stereocenters. The lowest BCUT2D eigenvalue weighted by Crippen LogP contribution is -2.29. The van der Waals surface area contributed by atoms with Crippen LogP contribution >= 0.6 is 0 Å². The number of rotatable bonds is 5. The average Bonchev–Trinajstić information content (AvgIpc) is 3.05. The molecule has 1 N–H and O–H groups in total. The first-order valence-electron chi connectivity index (χ1n) is 7.29. The normalized spacial score (nSPS) is 18.7. The Kier molecular flexibility index (Phi) is 3.82. The molecule has 0 radical (unpaired) electrons. The van der Waals surface area contributed by atoms with E-state index in [-0.39, 0.29) is 0 Å². The van der Waals surface area contributed by atoms with E-state index in [1.54, 1.807) is 0 Å². The summed E-state index contributed by atoms with van der Waals surface area (Å²) in [4.78, 5) is 0. The van der Waals surface area contributed by atoms with Crippen molar-refractivity contribution < 1.29 is 0 Å².